The van der Waals surface area contributed by atoms with Crippen LogP contribution >= 0.6 is 35.3 Å². The van der Waals surface area contributed by atoms with Gasteiger partial charge in [0.25, 0.3) is 0 Å². The van der Waals surface area contributed by atoms with Crippen molar-refractivity contribution in [2.75, 3.05) is 39.5 Å². The molecular weight excluding hydrogens is 425 g/mol. The average molecular weight is 453 g/mol. The first-order chi connectivity index (χ1) is 10.9. The molecule has 1 fully saturated rings. The minimum Gasteiger partial charge on any atom is -0.379 e. The lowest BCUT2D eigenvalue weighted by Gasteiger charge is -2.11. The van der Waals surface area contributed by atoms with E-state index in [1.54, 1.807) is 11.3 Å². The summed E-state index contributed by atoms with van der Waals surface area (Å²) in [5.74, 6) is 0.892. The number of halogens is 1. The molecule has 0 spiro atoms. The number of ether oxygens (including phenoxy) is 2. The van der Waals surface area contributed by atoms with Crippen LogP contribution < -0.4 is 10.6 Å². The minimum absolute atomic E-state index is 0. The molecule has 0 aliphatic carbocycles. The zero-order valence-electron chi connectivity index (χ0n) is 13.8. The van der Waals surface area contributed by atoms with Gasteiger partial charge in [-0.25, -0.2) is 0 Å². The molecule has 1 aliphatic rings. The summed E-state index contributed by atoms with van der Waals surface area (Å²) in [5.41, 5.74) is 0. The van der Waals surface area contributed by atoms with Gasteiger partial charge < -0.3 is 20.1 Å². The topological polar surface area (TPSA) is 54.9 Å². The SMILES string of the molecule is CCNC(=NCCCOC1CCOC1)NCCc1cccs1.I. The fourth-order valence-electron chi connectivity index (χ4n) is 2.25. The molecule has 0 radical (unpaired) electrons. The summed E-state index contributed by atoms with van der Waals surface area (Å²) in [5, 5.41) is 8.77. The van der Waals surface area contributed by atoms with E-state index < -0.39 is 0 Å². The van der Waals surface area contributed by atoms with E-state index in [1.807, 2.05) is 0 Å². The van der Waals surface area contributed by atoms with E-state index in [2.05, 4.69) is 40.1 Å². The third kappa shape index (κ3) is 8.88. The first kappa shape index (κ1) is 20.7. The normalized spacial score (nSPS) is 17.8. The molecule has 1 saturated heterocycles. The molecule has 23 heavy (non-hydrogen) atoms. The number of hydrogen-bond acceptors (Lipinski definition) is 4. The predicted octanol–water partition coefficient (Wildman–Crippen LogP) is 2.66. The van der Waals surface area contributed by atoms with Crippen molar-refractivity contribution in [3.63, 3.8) is 0 Å². The zero-order chi connectivity index (χ0) is 15.5. The Balaban J connectivity index is 0.00000264. The third-order valence-corrected chi connectivity index (χ3v) is 4.34. The van der Waals surface area contributed by atoms with E-state index in [1.165, 1.54) is 4.88 Å². The number of hydrogen-bond donors (Lipinski definition) is 2. The van der Waals surface area contributed by atoms with Gasteiger partial charge in [0.15, 0.2) is 5.96 Å². The summed E-state index contributed by atoms with van der Waals surface area (Å²) >= 11 is 1.80. The summed E-state index contributed by atoms with van der Waals surface area (Å²) in [7, 11) is 0. The fourth-order valence-corrected chi connectivity index (χ4v) is 2.96. The molecule has 0 amide bonds. The molecule has 0 aromatic carbocycles. The van der Waals surface area contributed by atoms with Crippen molar-refractivity contribution in [2.45, 2.75) is 32.3 Å². The molecule has 0 bridgehead atoms. The van der Waals surface area contributed by atoms with Crippen molar-refractivity contribution in [3.05, 3.63) is 22.4 Å². The number of nitrogens with zero attached hydrogens (tertiary/aromatic N) is 1. The molecule has 2 N–H and O–H groups in total. The quantitative estimate of drug-likeness (QED) is 0.261. The van der Waals surface area contributed by atoms with E-state index in [9.17, 15) is 0 Å². The second-order valence-corrected chi connectivity index (χ2v) is 6.26. The van der Waals surface area contributed by atoms with Crippen LogP contribution in [-0.4, -0.2) is 51.5 Å². The molecule has 1 atom stereocenters. The van der Waals surface area contributed by atoms with Crippen LogP contribution in [0.2, 0.25) is 0 Å². The van der Waals surface area contributed by atoms with Crippen LogP contribution in [0.15, 0.2) is 22.5 Å². The maximum atomic E-state index is 5.74. The van der Waals surface area contributed by atoms with Crippen molar-refractivity contribution in [1.29, 1.82) is 0 Å². The Morgan fingerprint density at radius 1 is 1.48 bits per heavy atom. The van der Waals surface area contributed by atoms with Gasteiger partial charge in [0.1, 0.15) is 0 Å². The zero-order valence-corrected chi connectivity index (χ0v) is 16.9. The Morgan fingerprint density at radius 3 is 3.09 bits per heavy atom. The Morgan fingerprint density at radius 2 is 2.39 bits per heavy atom. The lowest BCUT2D eigenvalue weighted by atomic mass is 10.3. The van der Waals surface area contributed by atoms with Gasteiger partial charge in [-0.2, -0.15) is 0 Å². The van der Waals surface area contributed by atoms with Crippen LogP contribution in [0.4, 0.5) is 0 Å². The van der Waals surface area contributed by atoms with E-state index >= 15 is 0 Å². The lowest BCUT2D eigenvalue weighted by Crippen LogP contribution is -2.38. The molecule has 1 aliphatic heterocycles. The van der Waals surface area contributed by atoms with Gasteiger partial charge >= 0.3 is 0 Å². The van der Waals surface area contributed by atoms with E-state index in [4.69, 9.17) is 9.47 Å². The third-order valence-electron chi connectivity index (χ3n) is 3.40. The highest BCUT2D eigenvalue weighted by atomic mass is 127. The molecule has 1 aromatic heterocycles. The van der Waals surface area contributed by atoms with Gasteiger partial charge in [-0.3, -0.25) is 4.99 Å². The first-order valence-electron chi connectivity index (χ1n) is 8.12. The van der Waals surface area contributed by atoms with Crippen molar-refractivity contribution in [2.24, 2.45) is 4.99 Å². The Labute approximate surface area is 160 Å². The summed E-state index contributed by atoms with van der Waals surface area (Å²) in [6, 6.07) is 4.26. The van der Waals surface area contributed by atoms with Gasteiger partial charge in [-0.15, -0.1) is 35.3 Å². The maximum absolute atomic E-state index is 5.74. The van der Waals surface area contributed by atoms with Crippen molar-refractivity contribution < 1.29 is 9.47 Å². The Kier molecular flexibility index (Phi) is 11.7. The second-order valence-electron chi connectivity index (χ2n) is 5.23. The van der Waals surface area contributed by atoms with Crippen LogP contribution in [-0.2, 0) is 15.9 Å². The highest BCUT2D eigenvalue weighted by Gasteiger charge is 2.15. The first-order valence-corrected chi connectivity index (χ1v) is 9.00. The van der Waals surface area contributed by atoms with Crippen molar-refractivity contribution in [3.8, 4) is 0 Å². The van der Waals surface area contributed by atoms with Crippen LogP contribution in [0.3, 0.4) is 0 Å². The van der Waals surface area contributed by atoms with Crippen molar-refractivity contribution in [1.82, 2.24) is 10.6 Å². The number of rotatable bonds is 9. The Hall–Kier alpha value is -0.380. The maximum Gasteiger partial charge on any atom is 0.191 e. The highest BCUT2D eigenvalue weighted by Crippen LogP contribution is 2.08. The van der Waals surface area contributed by atoms with E-state index in [0.717, 1.165) is 64.7 Å². The largest absolute Gasteiger partial charge is 0.379 e. The molecule has 5 nitrogen and oxygen atoms in total. The summed E-state index contributed by atoms with van der Waals surface area (Å²) in [4.78, 5) is 5.98. The second kappa shape index (κ2) is 13.0. The number of guanidine groups is 1. The van der Waals surface area contributed by atoms with Gasteiger partial charge in [-0.05, 0) is 37.6 Å². The fraction of sp³-hybridized carbons (Fsp3) is 0.688. The highest BCUT2D eigenvalue weighted by molar-refractivity contribution is 14.0. The van der Waals surface area contributed by atoms with Crippen molar-refractivity contribution >= 4 is 41.3 Å². The lowest BCUT2D eigenvalue weighted by molar-refractivity contribution is 0.0424. The van der Waals surface area contributed by atoms with Crippen LogP contribution in [0.25, 0.3) is 0 Å². The van der Waals surface area contributed by atoms with Crippen LogP contribution in [0.5, 0.6) is 0 Å². The molecule has 1 aromatic rings. The molecule has 2 heterocycles. The van der Waals surface area contributed by atoms with Gasteiger partial charge in [0.2, 0.25) is 0 Å². The average Bonchev–Trinajstić information content (AvgIpc) is 3.20. The van der Waals surface area contributed by atoms with Gasteiger partial charge in [0, 0.05) is 37.7 Å². The number of aliphatic imine (C=N–C) groups is 1. The number of thiophene rings is 1. The monoisotopic (exact) mass is 453 g/mol. The van der Waals surface area contributed by atoms with Crippen LogP contribution in [0.1, 0.15) is 24.6 Å². The molecule has 2 rings (SSSR count). The van der Waals surface area contributed by atoms with E-state index in [0.29, 0.717) is 6.10 Å². The van der Waals surface area contributed by atoms with Crippen LogP contribution in [0, 0.1) is 0 Å². The molecule has 1 unspecified atom stereocenters. The molecule has 7 heteroatoms. The molecular formula is C16H28IN3O2S. The smallest absolute Gasteiger partial charge is 0.191 e. The van der Waals surface area contributed by atoms with Gasteiger partial charge in [0.05, 0.1) is 12.7 Å². The minimum atomic E-state index is 0. The van der Waals surface area contributed by atoms with Gasteiger partial charge in [-0.1, -0.05) is 6.07 Å². The number of nitrogens with one attached hydrogen (secondary N) is 2. The standard InChI is InChI=1S/C16H27N3O2S.HI/c1-2-17-16(19-9-6-15-5-3-12-22-15)18-8-4-10-21-14-7-11-20-13-14;/h3,5,12,14H,2,4,6-11,13H2,1H3,(H2,17,18,19);1H. The predicted molar refractivity (Wildman–Crippen MR) is 107 cm³/mol. The summed E-state index contributed by atoms with van der Waals surface area (Å²) in [6.07, 6.45) is 3.29. The summed E-state index contributed by atoms with van der Waals surface area (Å²) < 4.78 is 11.0. The molecule has 0 saturated carbocycles. The Bertz CT molecular complexity index is 423. The molecule has 132 valence electrons. The summed E-state index contributed by atoms with van der Waals surface area (Å²) in [6.45, 7) is 6.98. The van der Waals surface area contributed by atoms with E-state index in [-0.39, 0.29) is 24.0 Å².